The molecule has 1 aliphatic rings. The van der Waals surface area contributed by atoms with Crippen molar-refractivity contribution in [3.05, 3.63) is 34.7 Å². The zero-order chi connectivity index (χ0) is 9.26. The fourth-order valence-corrected chi connectivity index (χ4v) is 1.27. The first-order valence-corrected chi connectivity index (χ1v) is 4.12. The first kappa shape index (κ1) is 7.86. The summed E-state index contributed by atoms with van der Waals surface area (Å²) < 4.78 is 0. The minimum absolute atomic E-state index is 0.633. The van der Waals surface area contributed by atoms with E-state index in [2.05, 4.69) is 17.1 Å². The van der Waals surface area contributed by atoms with Gasteiger partial charge in [0.15, 0.2) is 0 Å². The van der Waals surface area contributed by atoms with E-state index in [0.29, 0.717) is 12.3 Å². The van der Waals surface area contributed by atoms with Crippen LogP contribution in [-0.4, -0.2) is 5.84 Å². The number of nitrogens with one attached hydrogen (secondary N) is 1. The lowest BCUT2D eigenvalue weighted by atomic mass is 10.2. The van der Waals surface area contributed by atoms with Gasteiger partial charge in [-0.3, -0.25) is 5.43 Å². The molecule has 0 unspecified atom stereocenters. The number of hydrogen-bond acceptors (Lipinski definition) is 3. The number of benzene rings is 1. The Morgan fingerprint density at radius 2 is 2.00 bits per heavy atom. The first-order valence-electron chi connectivity index (χ1n) is 4.12. The van der Waals surface area contributed by atoms with Crippen molar-refractivity contribution in [2.45, 2.75) is 6.42 Å². The Labute approximate surface area is 76.3 Å². The molecule has 1 heterocycles. The summed E-state index contributed by atoms with van der Waals surface area (Å²) in [5.74, 6) is 0.633. The second kappa shape index (κ2) is 2.94. The Morgan fingerprint density at radius 3 is 2.54 bits per heavy atom. The van der Waals surface area contributed by atoms with Crippen molar-refractivity contribution in [1.29, 1.82) is 0 Å². The van der Waals surface area contributed by atoms with Gasteiger partial charge in [-0.25, -0.2) is 0 Å². The van der Waals surface area contributed by atoms with Gasteiger partial charge >= 0.3 is 0 Å². The second-order valence-electron chi connectivity index (χ2n) is 3.07. The quantitative estimate of drug-likeness (QED) is 0.554. The van der Waals surface area contributed by atoms with E-state index in [1.165, 1.54) is 0 Å². The molecular weight excluding hydrogens is 162 g/mol. The van der Waals surface area contributed by atoms with E-state index in [1.54, 1.807) is 0 Å². The monoisotopic (exact) mass is 173 g/mol. The molecule has 0 fully saturated rings. The highest BCUT2D eigenvalue weighted by atomic mass is 15.3. The third-order valence-electron chi connectivity index (χ3n) is 1.99. The second-order valence-corrected chi connectivity index (χ2v) is 3.07. The predicted octanol–water partition coefficient (Wildman–Crippen LogP) is -0.529. The van der Waals surface area contributed by atoms with E-state index in [0.717, 1.165) is 16.1 Å². The van der Waals surface area contributed by atoms with Gasteiger partial charge in [0.25, 0.3) is 0 Å². The van der Waals surface area contributed by atoms with Gasteiger partial charge in [0, 0.05) is 12.1 Å². The molecule has 3 heteroatoms. The van der Waals surface area contributed by atoms with Crippen LogP contribution in [0.4, 0.5) is 0 Å². The molecule has 3 N–H and O–H groups in total. The summed E-state index contributed by atoms with van der Waals surface area (Å²) in [5, 5.41) is 6.04. The van der Waals surface area contributed by atoms with E-state index in [1.807, 2.05) is 24.3 Å². The number of hydrogen-bond donors (Lipinski definition) is 2. The fraction of sp³-hybridized carbons (Fsp3) is 0.100. The van der Waals surface area contributed by atoms with Crippen LogP contribution in [-0.2, 0) is 0 Å². The molecule has 1 aliphatic heterocycles. The third-order valence-corrected chi connectivity index (χ3v) is 1.99. The maximum atomic E-state index is 5.55. The molecule has 0 atom stereocenters. The molecule has 0 amide bonds. The molecule has 3 nitrogen and oxygen atoms in total. The summed E-state index contributed by atoms with van der Waals surface area (Å²) in [6, 6.07) is 7.97. The molecule has 1 aromatic rings. The van der Waals surface area contributed by atoms with Crippen LogP contribution >= 0.6 is 0 Å². The summed E-state index contributed by atoms with van der Waals surface area (Å²) in [7, 11) is 0. The van der Waals surface area contributed by atoms with Gasteiger partial charge in [0.2, 0.25) is 0 Å². The Balaban J connectivity index is 2.46. The van der Waals surface area contributed by atoms with Crippen LogP contribution in [0.2, 0.25) is 0 Å². The highest BCUT2D eigenvalue weighted by molar-refractivity contribution is 5.90. The van der Waals surface area contributed by atoms with Crippen molar-refractivity contribution in [3.63, 3.8) is 0 Å². The molecule has 1 aromatic carbocycles. The van der Waals surface area contributed by atoms with Crippen molar-refractivity contribution in [3.8, 4) is 0 Å². The van der Waals surface area contributed by atoms with Gasteiger partial charge in [-0.1, -0.05) is 30.8 Å². The lowest BCUT2D eigenvalue weighted by Crippen LogP contribution is -2.15. The molecular formula is C10H11N3. The highest BCUT2D eigenvalue weighted by Crippen LogP contribution is 2.01. The number of nitrogens with two attached hydrogens (primary N) is 1. The standard InChI is InChI=1S/C10H11N3/c1-7-2-4-8(5-3-7)9-6-10(11)13-12-9/h2-5,12H,1,6H2,(H2,11,13). The third kappa shape index (κ3) is 1.54. The lowest BCUT2D eigenvalue weighted by Gasteiger charge is -1.95. The zero-order valence-corrected chi connectivity index (χ0v) is 7.25. The van der Waals surface area contributed by atoms with Crippen LogP contribution in [0, 0.1) is 0 Å². The largest absolute Gasteiger partial charge is 0.385 e. The molecule has 0 aliphatic carbocycles. The minimum atomic E-state index is 0.633. The van der Waals surface area contributed by atoms with Crippen LogP contribution in [0.1, 0.15) is 6.42 Å². The number of hydrazone groups is 1. The van der Waals surface area contributed by atoms with Crippen molar-refractivity contribution >= 4 is 18.1 Å². The van der Waals surface area contributed by atoms with Crippen molar-refractivity contribution in [1.82, 2.24) is 5.43 Å². The van der Waals surface area contributed by atoms with Crippen LogP contribution in [0.15, 0.2) is 29.4 Å². The van der Waals surface area contributed by atoms with Gasteiger partial charge < -0.3 is 5.73 Å². The van der Waals surface area contributed by atoms with Crippen molar-refractivity contribution in [2.75, 3.05) is 0 Å². The average Bonchev–Trinajstić information content (AvgIpc) is 2.53. The average molecular weight is 173 g/mol. The SMILES string of the molecule is C=c1ccc(=C2CC(N)=NN2)cc1. The van der Waals surface area contributed by atoms with E-state index in [9.17, 15) is 0 Å². The molecule has 0 aromatic heterocycles. The summed E-state index contributed by atoms with van der Waals surface area (Å²) in [6.45, 7) is 3.82. The van der Waals surface area contributed by atoms with Crippen molar-refractivity contribution in [2.24, 2.45) is 10.8 Å². The van der Waals surface area contributed by atoms with Crippen LogP contribution in [0.3, 0.4) is 0 Å². The zero-order valence-electron chi connectivity index (χ0n) is 7.25. The summed E-state index contributed by atoms with van der Waals surface area (Å²) >= 11 is 0. The van der Waals surface area contributed by atoms with E-state index < -0.39 is 0 Å². The molecule has 0 saturated carbocycles. The summed E-state index contributed by atoms with van der Waals surface area (Å²) in [5.41, 5.74) is 9.50. The molecule has 66 valence electrons. The van der Waals surface area contributed by atoms with Gasteiger partial charge in [-0.05, 0) is 10.4 Å². The smallest absolute Gasteiger partial charge is 0.126 e. The molecule has 0 radical (unpaired) electrons. The Kier molecular flexibility index (Phi) is 1.77. The summed E-state index contributed by atoms with van der Waals surface area (Å²) in [6.07, 6.45) is 0.705. The number of nitrogens with zero attached hydrogens (tertiary/aromatic N) is 1. The van der Waals surface area contributed by atoms with Crippen LogP contribution in [0.25, 0.3) is 12.3 Å². The Morgan fingerprint density at radius 1 is 1.31 bits per heavy atom. The fourth-order valence-electron chi connectivity index (χ4n) is 1.27. The normalized spacial score (nSPS) is 15.4. The molecule has 2 rings (SSSR count). The summed E-state index contributed by atoms with van der Waals surface area (Å²) in [4.78, 5) is 0. The first-order chi connectivity index (χ1) is 6.25. The molecule has 0 spiro atoms. The highest BCUT2D eigenvalue weighted by Gasteiger charge is 2.07. The molecule has 13 heavy (non-hydrogen) atoms. The van der Waals surface area contributed by atoms with Gasteiger partial charge in [0.1, 0.15) is 5.84 Å². The maximum absolute atomic E-state index is 5.55. The van der Waals surface area contributed by atoms with Gasteiger partial charge in [-0.15, -0.1) is 0 Å². The maximum Gasteiger partial charge on any atom is 0.126 e. The van der Waals surface area contributed by atoms with Gasteiger partial charge in [-0.2, -0.15) is 5.10 Å². The van der Waals surface area contributed by atoms with Crippen molar-refractivity contribution < 1.29 is 0 Å². The Bertz CT molecular complexity index is 436. The molecule has 0 bridgehead atoms. The Hall–Kier alpha value is -1.77. The number of amidine groups is 1. The van der Waals surface area contributed by atoms with Crippen LogP contribution < -0.4 is 21.6 Å². The van der Waals surface area contributed by atoms with E-state index in [-0.39, 0.29) is 0 Å². The van der Waals surface area contributed by atoms with Gasteiger partial charge in [0.05, 0.1) is 0 Å². The molecule has 0 saturated heterocycles. The van der Waals surface area contributed by atoms with E-state index >= 15 is 0 Å². The lowest BCUT2D eigenvalue weighted by molar-refractivity contribution is 1.01. The van der Waals surface area contributed by atoms with E-state index in [4.69, 9.17) is 5.73 Å². The number of rotatable bonds is 0. The topological polar surface area (TPSA) is 50.4 Å². The minimum Gasteiger partial charge on any atom is -0.385 e. The van der Waals surface area contributed by atoms with Crippen LogP contribution in [0.5, 0.6) is 0 Å². The predicted molar refractivity (Wildman–Crippen MR) is 54.0 cm³/mol.